The van der Waals surface area contributed by atoms with Gasteiger partial charge in [0, 0.05) is 17.3 Å². The van der Waals surface area contributed by atoms with Crippen molar-refractivity contribution in [3.63, 3.8) is 0 Å². The molecule has 0 unspecified atom stereocenters. The van der Waals surface area contributed by atoms with Crippen LogP contribution in [0.3, 0.4) is 0 Å². The molecule has 0 radical (unpaired) electrons. The molecule has 0 fully saturated rings. The summed E-state index contributed by atoms with van der Waals surface area (Å²) in [5, 5.41) is 2.83. The Morgan fingerprint density at radius 1 is 1.00 bits per heavy atom. The molecule has 0 aliphatic heterocycles. The number of pyridine rings is 1. The number of anilines is 1. The summed E-state index contributed by atoms with van der Waals surface area (Å²) < 4.78 is 11.1. The smallest absolute Gasteiger partial charge is 0.255 e. The minimum Gasteiger partial charge on any atom is -0.496 e. The Morgan fingerprint density at radius 2 is 1.76 bits per heavy atom. The van der Waals surface area contributed by atoms with Crippen molar-refractivity contribution >= 4 is 11.6 Å². The summed E-state index contributed by atoms with van der Waals surface area (Å²) in [7, 11) is 1.62. The number of rotatable bonds is 6. The quantitative estimate of drug-likeness (QED) is 0.742. The molecule has 1 N–H and O–H groups in total. The lowest BCUT2D eigenvalue weighted by molar-refractivity contribution is 0.102. The number of amides is 1. The summed E-state index contributed by atoms with van der Waals surface area (Å²) in [6.07, 6.45) is 1.62. The van der Waals surface area contributed by atoms with Crippen LogP contribution in [0.1, 0.15) is 15.9 Å². The van der Waals surface area contributed by atoms with Crippen molar-refractivity contribution in [3.05, 3.63) is 84.1 Å². The van der Waals surface area contributed by atoms with E-state index >= 15 is 0 Å². The van der Waals surface area contributed by atoms with Gasteiger partial charge in [-0.05, 0) is 30.3 Å². The van der Waals surface area contributed by atoms with Gasteiger partial charge in [0.2, 0.25) is 5.88 Å². The third-order valence-corrected chi connectivity index (χ3v) is 3.61. The predicted molar refractivity (Wildman–Crippen MR) is 96.0 cm³/mol. The Labute approximate surface area is 146 Å². The zero-order chi connectivity index (χ0) is 17.5. The van der Waals surface area contributed by atoms with Crippen molar-refractivity contribution in [3.8, 4) is 11.6 Å². The monoisotopic (exact) mass is 334 g/mol. The molecule has 3 rings (SSSR count). The highest BCUT2D eigenvalue weighted by Crippen LogP contribution is 2.24. The Hall–Kier alpha value is -3.34. The van der Waals surface area contributed by atoms with E-state index in [-0.39, 0.29) is 12.5 Å². The van der Waals surface area contributed by atoms with Gasteiger partial charge in [0.1, 0.15) is 18.0 Å². The van der Waals surface area contributed by atoms with Crippen LogP contribution in [0.25, 0.3) is 0 Å². The Bertz CT molecular complexity index is 850. The number of aromatic nitrogens is 1. The van der Waals surface area contributed by atoms with E-state index in [4.69, 9.17) is 9.47 Å². The summed E-state index contributed by atoms with van der Waals surface area (Å²) >= 11 is 0. The fourth-order valence-corrected chi connectivity index (χ4v) is 2.35. The summed E-state index contributed by atoms with van der Waals surface area (Å²) in [5.41, 5.74) is 1.99. The molecule has 5 nitrogen and oxygen atoms in total. The highest BCUT2D eigenvalue weighted by atomic mass is 16.5. The van der Waals surface area contributed by atoms with Gasteiger partial charge in [0.15, 0.2) is 0 Å². The number of carbonyl (C=O) groups excluding carboxylic acids is 1. The van der Waals surface area contributed by atoms with E-state index < -0.39 is 0 Å². The first kappa shape index (κ1) is 16.5. The van der Waals surface area contributed by atoms with Crippen LogP contribution in [0.2, 0.25) is 0 Å². The number of nitrogens with one attached hydrogen (secondary N) is 1. The third-order valence-electron chi connectivity index (χ3n) is 3.61. The highest BCUT2D eigenvalue weighted by molar-refractivity contribution is 6.04. The zero-order valence-corrected chi connectivity index (χ0v) is 13.8. The standard InChI is InChI=1S/C20H18N2O3/c1-24-18-12-6-5-10-16(18)14-25-20-17(11-7-13-21-20)22-19(23)15-8-3-2-4-9-15/h2-13H,14H2,1H3,(H,22,23). The molecule has 0 atom stereocenters. The summed E-state index contributed by atoms with van der Waals surface area (Å²) in [6.45, 7) is 0.287. The first-order valence-electron chi connectivity index (χ1n) is 7.84. The molecule has 1 amide bonds. The van der Waals surface area contributed by atoms with Crippen LogP contribution in [0.5, 0.6) is 11.6 Å². The van der Waals surface area contributed by atoms with E-state index in [1.807, 2.05) is 42.5 Å². The van der Waals surface area contributed by atoms with Gasteiger partial charge in [-0.2, -0.15) is 0 Å². The first-order chi connectivity index (χ1) is 12.3. The SMILES string of the molecule is COc1ccccc1COc1ncccc1NC(=O)c1ccccc1. The van der Waals surface area contributed by atoms with E-state index in [9.17, 15) is 4.79 Å². The van der Waals surface area contributed by atoms with Crippen molar-refractivity contribution in [1.82, 2.24) is 4.98 Å². The molecule has 1 heterocycles. The minimum absolute atomic E-state index is 0.212. The Balaban J connectivity index is 1.74. The maximum atomic E-state index is 12.3. The van der Waals surface area contributed by atoms with Crippen LogP contribution < -0.4 is 14.8 Å². The molecule has 126 valence electrons. The first-order valence-corrected chi connectivity index (χ1v) is 7.84. The van der Waals surface area contributed by atoms with Crippen molar-refractivity contribution < 1.29 is 14.3 Å². The van der Waals surface area contributed by atoms with Crippen LogP contribution in [0, 0.1) is 0 Å². The second-order valence-electron chi connectivity index (χ2n) is 5.28. The number of nitrogens with zero attached hydrogens (tertiary/aromatic N) is 1. The molecular weight excluding hydrogens is 316 g/mol. The number of hydrogen-bond donors (Lipinski definition) is 1. The summed E-state index contributed by atoms with van der Waals surface area (Å²) in [4.78, 5) is 16.5. The molecule has 3 aromatic rings. The van der Waals surface area contributed by atoms with E-state index in [1.165, 1.54) is 0 Å². The predicted octanol–water partition coefficient (Wildman–Crippen LogP) is 3.92. The molecule has 0 bridgehead atoms. The van der Waals surface area contributed by atoms with Gasteiger partial charge in [0.25, 0.3) is 5.91 Å². The maximum absolute atomic E-state index is 12.3. The molecule has 0 aliphatic carbocycles. The second kappa shape index (κ2) is 7.97. The maximum Gasteiger partial charge on any atom is 0.255 e. The average molecular weight is 334 g/mol. The number of benzene rings is 2. The summed E-state index contributed by atoms with van der Waals surface area (Å²) in [5.74, 6) is 0.890. The molecule has 25 heavy (non-hydrogen) atoms. The lowest BCUT2D eigenvalue weighted by Crippen LogP contribution is -2.13. The molecule has 0 spiro atoms. The Morgan fingerprint density at radius 3 is 2.56 bits per heavy atom. The van der Waals surface area contributed by atoms with Gasteiger partial charge in [-0.1, -0.05) is 36.4 Å². The van der Waals surface area contributed by atoms with Crippen LogP contribution in [0.15, 0.2) is 72.9 Å². The van der Waals surface area contributed by atoms with Gasteiger partial charge < -0.3 is 14.8 Å². The fourth-order valence-electron chi connectivity index (χ4n) is 2.35. The van der Waals surface area contributed by atoms with Crippen molar-refractivity contribution in [2.24, 2.45) is 0 Å². The van der Waals surface area contributed by atoms with Crippen LogP contribution in [-0.2, 0) is 6.61 Å². The van der Waals surface area contributed by atoms with Crippen molar-refractivity contribution in [2.75, 3.05) is 12.4 Å². The van der Waals surface area contributed by atoms with E-state index in [0.29, 0.717) is 17.1 Å². The number of para-hydroxylation sites is 1. The van der Waals surface area contributed by atoms with E-state index in [1.54, 1.807) is 37.6 Å². The normalized spacial score (nSPS) is 10.1. The number of hydrogen-bond acceptors (Lipinski definition) is 4. The fraction of sp³-hybridized carbons (Fsp3) is 0.100. The zero-order valence-electron chi connectivity index (χ0n) is 13.8. The number of ether oxygens (including phenoxy) is 2. The molecule has 0 aliphatic rings. The van der Waals surface area contributed by atoms with Gasteiger partial charge in [-0.15, -0.1) is 0 Å². The van der Waals surface area contributed by atoms with Crippen LogP contribution in [0.4, 0.5) is 5.69 Å². The highest BCUT2D eigenvalue weighted by Gasteiger charge is 2.11. The second-order valence-corrected chi connectivity index (χ2v) is 5.28. The van der Waals surface area contributed by atoms with Gasteiger partial charge in [-0.3, -0.25) is 4.79 Å². The number of carbonyl (C=O) groups is 1. The lowest BCUT2D eigenvalue weighted by Gasteiger charge is -2.13. The summed E-state index contributed by atoms with van der Waals surface area (Å²) in [6, 6.07) is 20.1. The van der Waals surface area contributed by atoms with Crippen LogP contribution >= 0.6 is 0 Å². The van der Waals surface area contributed by atoms with Gasteiger partial charge in [-0.25, -0.2) is 4.98 Å². The van der Waals surface area contributed by atoms with E-state index in [0.717, 1.165) is 11.3 Å². The van der Waals surface area contributed by atoms with Crippen molar-refractivity contribution in [1.29, 1.82) is 0 Å². The minimum atomic E-state index is -0.212. The van der Waals surface area contributed by atoms with Crippen molar-refractivity contribution in [2.45, 2.75) is 6.61 Å². The largest absolute Gasteiger partial charge is 0.496 e. The topological polar surface area (TPSA) is 60.5 Å². The average Bonchev–Trinajstić information content (AvgIpc) is 2.68. The number of methoxy groups -OCH3 is 1. The molecule has 0 saturated carbocycles. The van der Waals surface area contributed by atoms with E-state index in [2.05, 4.69) is 10.3 Å². The van der Waals surface area contributed by atoms with Gasteiger partial charge >= 0.3 is 0 Å². The third kappa shape index (κ3) is 4.14. The van der Waals surface area contributed by atoms with Gasteiger partial charge in [0.05, 0.1) is 7.11 Å². The van der Waals surface area contributed by atoms with Crippen LogP contribution in [-0.4, -0.2) is 18.0 Å². The molecule has 1 aromatic heterocycles. The Kier molecular flexibility index (Phi) is 5.26. The lowest BCUT2D eigenvalue weighted by atomic mass is 10.2. The molecule has 5 heteroatoms. The molecular formula is C20H18N2O3. The molecule has 2 aromatic carbocycles. The molecule has 0 saturated heterocycles.